The van der Waals surface area contributed by atoms with Crippen LogP contribution in [0.5, 0.6) is 5.75 Å². The summed E-state index contributed by atoms with van der Waals surface area (Å²) in [7, 11) is 0. The standard InChI is InChI=1S/C18H21N3O/c1-14-6-2-3-7-18(14)22-11-5-4-10-21-17-12-16(19)9-8-15(17)13-20-21/h2-3,6-9,12-13H,4-5,10-11,19H2,1H3. The number of hydrogen-bond donors (Lipinski definition) is 1. The Morgan fingerprint density at radius 1 is 1.14 bits per heavy atom. The van der Waals surface area contributed by atoms with Gasteiger partial charge in [0.05, 0.1) is 18.3 Å². The number of anilines is 1. The molecule has 22 heavy (non-hydrogen) atoms. The van der Waals surface area contributed by atoms with Crippen LogP contribution in [0.2, 0.25) is 0 Å². The third kappa shape index (κ3) is 3.22. The maximum absolute atomic E-state index is 5.85. The average molecular weight is 295 g/mol. The van der Waals surface area contributed by atoms with E-state index in [1.807, 2.05) is 47.3 Å². The number of para-hydroxylation sites is 1. The van der Waals surface area contributed by atoms with Gasteiger partial charge in [0.25, 0.3) is 0 Å². The molecule has 0 bridgehead atoms. The number of nitrogens with zero attached hydrogens (tertiary/aromatic N) is 2. The molecule has 2 aromatic carbocycles. The fraction of sp³-hybridized carbons (Fsp3) is 0.278. The zero-order valence-corrected chi connectivity index (χ0v) is 12.8. The van der Waals surface area contributed by atoms with Gasteiger partial charge in [0.1, 0.15) is 5.75 Å². The first-order valence-electron chi connectivity index (χ1n) is 7.63. The first-order chi connectivity index (χ1) is 10.7. The number of ether oxygens (including phenoxy) is 1. The molecule has 4 heteroatoms. The number of rotatable bonds is 6. The molecule has 0 radical (unpaired) electrons. The molecule has 3 aromatic rings. The van der Waals surface area contributed by atoms with Crippen molar-refractivity contribution >= 4 is 16.6 Å². The molecule has 1 aromatic heterocycles. The van der Waals surface area contributed by atoms with E-state index in [4.69, 9.17) is 10.5 Å². The second kappa shape index (κ2) is 6.52. The van der Waals surface area contributed by atoms with Crippen molar-refractivity contribution in [3.63, 3.8) is 0 Å². The van der Waals surface area contributed by atoms with Crippen LogP contribution in [0, 0.1) is 6.92 Å². The lowest BCUT2D eigenvalue weighted by Crippen LogP contribution is -2.04. The first-order valence-corrected chi connectivity index (χ1v) is 7.63. The number of hydrogen-bond acceptors (Lipinski definition) is 3. The summed E-state index contributed by atoms with van der Waals surface area (Å²) in [5, 5.41) is 5.56. The van der Waals surface area contributed by atoms with Crippen molar-refractivity contribution in [2.24, 2.45) is 0 Å². The normalized spacial score (nSPS) is 11.0. The molecule has 3 rings (SSSR count). The highest BCUT2D eigenvalue weighted by molar-refractivity contribution is 5.81. The molecular weight excluding hydrogens is 274 g/mol. The van der Waals surface area contributed by atoms with E-state index in [-0.39, 0.29) is 0 Å². The van der Waals surface area contributed by atoms with E-state index < -0.39 is 0 Å². The predicted octanol–water partition coefficient (Wildman–Crippen LogP) is 3.79. The molecule has 4 nitrogen and oxygen atoms in total. The van der Waals surface area contributed by atoms with Crippen molar-refractivity contribution < 1.29 is 4.74 Å². The highest BCUT2D eigenvalue weighted by Crippen LogP contribution is 2.18. The third-order valence-electron chi connectivity index (χ3n) is 3.78. The van der Waals surface area contributed by atoms with Crippen LogP contribution < -0.4 is 10.5 Å². The Bertz CT molecular complexity index is 764. The highest BCUT2D eigenvalue weighted by Gasteiger charge is 2.03. The number of fused-ring (bicyclic) bond motifs is 1. The quantitative estimate of drug-likeness (QED) is 0.556. The first kappa shape index (κ1) is 14.4. The number of aryl methyl sites for hydroxylation is 2. The van der Waals surface area contributed by atoms with Crippen LogP contribution in [0.3, 0.4) is 0 Å². The molecule has 0 atom stereocenters. The monoisotopic (exact) mass is 295 g/mol. The lowest BCUT2D eigenvalue weighted by atomic mass is 10.2. The van der Waals surface area contributed by atoms with E-state index in [0.29, 0.717) is 0 Å². The smallest absolute Gasteiger partial charge is 0.122 e. The fourth-order valence-corrected chi connectivity index (χ4v) is 2.53. The van der Waals surface area contributed by atoms with Gasteiger partial charge < -0.3 is 10.5 Å². The van der Waals surface area contributed by atoms with Crippen molar-refractivity contribution in [2.45, 2.75) is 26.3 Å². The summed E-state index contributed by atoms with van der Waals surface area (Å²) in [6.45, 7) is 3.67. The molecule has 2 N–H and O–H groups in total. The minimum Gasteiger partial charge on any atom is -0.493 e. The van der Waals surface area contributed by atoms with Gasteiger partial charge in [-0.15, -0.1) is 0 Å². The lowest BCUT2D eigenvalue weighted by Gasteiger charge is -2.09. The van der Waals surface area contributed by atoms with Crippen molar-refractivity contribution in [2.75, 3.05) is 12.3 Å². The van der Waals surface area contributed by atoms with Crippen LogP contribution >= 0.6 is 0 Å². The van der Waals surface area contributed by atoms with Gasteiger partial charge in [-0.3, -0.25) is 4.68 Å². The van der Waals surface area contributed by atoms with Crippen LogP contribution in [0.1, 0.15) is 18.4 Å². The molecule has 0 spiro atoms. The van der Waals surface area contributed by atoms with Gasteiger partial charge in [-0.2, -0.15) is 5.10 Å². The van der Waals surface area contributed by atoms with Crippen molar-refractivity contribution in [1.29, 1.82) is 0 Å². The minimum atomic E-state index is 0.728. The van der Waals surface area contributed by atoms with Gasteiger partial charge in [0.15, 0.2) is 0 Å². The van der Waals surface area contributed by atoms with Gasteiger partial charge >= 0.3 is 0 Å². The second-order valence-corrected chi connectivity index (χ2v) is 5.51. The summed E-state index contributed by atoms with van der Waals surface area (Å²) in [5.41, 5.74) is 8.89. The Balaban J connectivity index is 1.50. The number of nitrogens with two attached hydrogens (primary N) is 1. The van der Waals surface area contributed by atoms with Crippen molar-refractivity contribution in [3.05, 3.63) is 54.2 Å². The van der Waals surface area contributed by atoms with Crippen LogP contribution in [-0.2, 0) is 6.54 Å². The number of nitrogen functional groups attached to an aromatic ring is 1. The molecule has 0 amide bonds. The zero-order valence-electron chi connectivity index (χ0n) is 12.8. The Labute approximate surface area is 130 Å². The van der Waals surface area contributed by atoms with Crippen LogP contribution in [0.25, 0.3) is 10.9 Å². The van der Waals surface area contributed by atoms with E-state index in [0.717, 1.165) is 48.3 Å². The third-order valence-corrected chi connectivity index (χ3v) is 3.78. The number of aromatic nitrogens is 2. The summed E-state index contributed by atoms with van der Waals surface area (Å²) in [5.74, 6) is 0.972. The molecule has 0 saturated carbocycles. The van der Waals surface area contributed by atoms with Crippen LogP contribution in [0.4, 0.5) is 5.69 Å². The van der Waals surface area contributed by atoms with E-state index in [2.05, 4.69) is 18.1 Å². The number of benzene rings is 2. The molecule has 1 heterocycles. The molecular formula is C18H21N3O. The summed E-state index contributed by atoms with van der Waals surface area (Å²) in [4.78, 5) is 0. The largest absolute Gasteiger partial charge is 0.493 e. The Morgan fingerprint density at radius 2 is 2.00 bits per heavy atom. The average Bonchev–Trinajstić information content (AvgIpc) is 2.91. The second-order valence-electron chi connectivity index (χ2n) is 5.51. The number of unbranched alkanes of at least 4 members (excludes halogenated alkanes) is 1. The molecule has 0 saturated heterocycles. The van der Waals surface area contributed by atoms with Crippen molar-refractivity contribution in [1.82, 2.24) is 9.78 Å². The maximum Gasteiger partial charge on any atom is 0.122 e. The topological polar surface area (TPSA) is 53.1 Å². The van der Waals surface area contributed by atoms with Gasteiger partial charge in [-0.05, 0) is 49.6 Å². The molecule has 0 aliphatic carbocycles. The summed E-state index contributed by atoms with van der Waals surface area (Å²) < 4.78 is 7.83. The van der Waals surface area contributed by atoms with Crippen molar-refractivity contribution in [3.8, 4) is 5.75 Å². The summed E-state index contributed by atoms with van der Waals surface area (Å²) in [6.07, 6.45) is 3.91. The molecule has 114 valence electrons. The predicted molar refractivity (Wildman–Crippen MR) is 90.1 cm³/mol. The van der Waals surface area contributed by atoms with E-state index in [1.165, 1.54) is 5.56 Å². The highest BCUT2D eigenvalue weighted by atomic mass is 16.5. The Hall–Kier alpha value is -2.49. The maximum atomic E-state index is 5.85. The Morgan fingerprint density at radius 3 is 2.86 bits per heavy atom. The minimum absolute atomic E-state index is 0.728. The van der Waals surface area contributed by atoms with E-state index in [1.54, 1.807) is 0 Å². The summed E-state index contributed by atoms with van der Waals surface area (Å²) >= 11 is 0. The van der Waals surface area contributed by atoms with Gasteiger partial charge in [-0.25, -0.2) is 0 Å². The van der Waals surface area contributed by atoms with E-state index >= 15 is 0 Å². The van der Waals surface area contributed by atoms with Crippen LogP contribution in [-0.4, -0.2) is 16.4 Å². The molecule has 0 unspecified atom stereocenters. The molecule has 0 fully saturated rings. The van der Waals surface area contributed by atoms with E-state index in [9.17, 15) is 0 Å². The molecule has 0 aliphatic rings. The van der Waals surface area contributed by atoms with Crippen LogP contribution in [0.15, 0.2) is 48.7 Å². The SMILES string of the molecule is Cc1ccccc1OCCCCn1ncc2ccc(N)cc21. The van der Waals surface area contributed by atoms with Gasteiger partial charge in [0.2, 0.25) is 0 Å². The summed E-state index contributed by atoms with van der Waals surface area (Å²) in [6, 6.07) is 14.0. The fourth-order valence-electron chi connectivity index (χ4n) is 2.53. The zero-order chi connectivity index (χ0) is 15.4. The lowest BCUT2D eigenvalue weighted by molar-refractivity contribution is 0.300. The molecule has 0 aliphatic heterocycles. The van der Waals surface area contributed by atoms with Gasteiger partial charge in [0, 0.05) is 17.6 Å². The Kier molecular flexibility index (Phi) is 4.28. The van der Waals surface area contributed by atoms with Gasteiger partial charge in [-0.1, -0.05) is 18.2 Å².